The van der Waals surface area contributed by atoms with E-state index in [1.807, 2.05) is 18.2 Å². The van der Waals surface area contributed by atoms with Crippen LogP contribution in [0.2, 0.25) is 0 Å². The molecular weight excluding hydrogens is 338 g/mol. The summed E-state index contributed by atoms with van der Waals surface area (Å²) in [6.07, 6.45) is 2.60. The third-order valence-electron chi connectivity index (χ3n) is 5.71. The summed E-state index contributed by atoms with van der Waals surface area (Å²) in [5.41, 5.74) is 3.11. The number of rotatable bonds is 6. The van der Waals surface area contributed by atoms with Crippen molar-refractivity contribution in [2.24, 2.45) is 0 Å². The monoisotopic (exact) mass is 365 g/mol. The standard InChI is InChI=1S/C23H27NO3/c1-17-7-9-19(10-8-17)23(12-13-23)22(25)24-20-16-26-14-11-21(20)27-15-18-5-3-2-4-6-18/h2-10,20-21H,11-16H2,1H3,(H,24,25)/t20-,21+/m1/s1. The lowest BCUT2D eigenvalue weighted by Crippen LogP contribution is -2.53. The molecule has 0 spiro atoms. The van der Waals surface area contributed by atoms with Gasteiger partial charge in [0, 0.05) is 6.61 Å². The molecule has 0 bridgehead atoms. The summed E-state index contributed by atoms with van der Waals surface area (Å²) in [6.45, 7) is 3.81. The van der Waals surface area contributed by atoms with Crippen LogP contribution in [0.1, 0.15) is 36.0 Å². The topological polar surface area (TPSA) is 47.6 Å². The van der Waals surface area contributed by atoms with Crippen LogP contribution in [0.3, 0.4) is 0 Å². The van der Waals surface area contributed by atoms with Gasteiger partial charge in [-0.2, -0.15) is 0 Å². The highest BCUT2D eigenvalue weighted by Gasteiger charge is 2.52. The zero-order valence-corrected chi connectivity index (χ0v) is 15.8. The molecule has 0 unspecified atom stereocenters. The number of hydrogen-bond acceptors (Lipinski definition) is 3. The number of carbonyl (C=O) groups excluding carboxylic acids is 1. The molecular formula is C23H27NO3. The van der Waals surface area contributed by atoms with Gasteiger partial charge in [-0.3, -0.25) is 4.79 Å². The Hall–Kier alpha value is -2.17. The maximum absolute atomic E-state index is 13.1. The first-order chi connectivity index (χ1) is 13.2. The zero-order valence-electron chi connectivity index (χ0n) is 15.8. The molecule has 2 atom stereocenters. The van der Waals surface area contributed by atoms with Crippen LogP contribution in [0.4, 0.5) is 0 Å². The van der Waals surface area contributed by atoms with Crippen molar-refractivity contribution in [3.8, 4) is 0 Å². The summed E-state index contributed by atoms with van der Waals surface area (Å²) < 4.78 is 11.8. The summed E-state index contributed by atoms with van der Waals surface area (Å²) >= 11 is 0. The van der Waals surface area contributed by atoms with Crippen LogP contribution in [0.25, 0.3) is 0 Å². The summed E-state index contributed by atoms with van der Waals surface area (Å²) in [7, 11) is 0. The van der Waals surface area contributed by atoms with Gasteiger partial charge in [0.2, 0.25) is 5.91 Å². The Bertz CT molecular complexity index is 768. The molecule has 2 aromatic rings. The fourth-order valence-corrected chi connectivity index (χ4v) is 3.78. The van der Waals surface area contributed by atoms with E-state index in [1.54, 1.807) is 0 Å². The van der Waals surface area contributed by atoms with Gasteiger partial charge in [-0.25, -0.2) is 0 Å². The van der Waals surface area contributed by atoms with E-state index in [0.717, 1.165) is 30.4 Å². The normalized spacial score (nSPS) is 23.6. The molecule has 1 aliphatic carbocycles. The van der Waals surface area contributed by atoms with E-state index in [9.17, 15) is 4.79 Å². The molecule has 2 aliphatic rings. The molecule has 2 fully saturated rings. The first-order valence-electron chi connectivity index (χ1n) is 9.79. The van der Waals surface area contributed by atoms with E-state index >= 15 is 0 Å². The Morgan fingerprint density at radius 1 is 1.15 bits per heavy atom. The van der Waals surface area contributed by atoms with Crippen molar-refractivity contribution in [2.45, 2.75) is 50.4 Å². The molecule has 1 saturated heterocycles. The van der Waals surface area contributed by atoms with Crippen LogP contribution >= 0.6 is 0 Å². The third kappa shape index (κ3) is 4.07. The first-order valence-corrected chi connectivity index (χ1v) is 9.79. The van der Waals surface area contributed by atoms with Crippen molar-refractivity contribution >= 4 is 5.91 Å². The molecule has 142 valence electrons. The number of ether oxygens (including phenoxy) is 2. The van der Waals surface area contributed by atoms with E-state index < -0.39 is 0 Å². The maximum Gasteiger partial charge on any atom is 0.231 e. The number of amides is 1. The molecule has 4 rings (SSSR count). The van der Waals surface area contributed by atoms with Crippen LogP contribution < -0.4 is 5.32 Å². The van der Waals surface area contributed by atoms with Crippen LogP contribution in [-0.4, -0.2) is 31.3 Å². The summed E-state index contributed by atoms with van der Waals surface area (Å²) in [5.74, 6) is 0.107. The molecule has 1 N–H and O–H groups in total. The summed E-state index contributed by atoms with van der Waals surface area (Å²) in [5, 5.41) is 3.23. The average Bonchev–Trinajstić information content (AvgIpc) is 3.51. The third-order valence-corrected chi connectivity index (χ3v) is 5.71. The van der Waals surface area contributed by atoms with Crippen LogP contribution in [0.5, 0.6) is 0 Å². The second-order valence-electron chi connectivity index (χ2n) is 7.73. The molecule has 1 amide bonds. The van der Waals surface area contributed by atoms with Crippen molar-refractivity contribution in [1.82, 2.24) is 5.32 Å². The van der Waals surface area contributed by atoms with E-state index in [-0.39, 0.29) is 23.5 Å². The Balaban J connectivity index is 1.40. The highest BCUT2D eigenvalue weighted by Crippen LogP contribution is 2.48. The fraction of sp³-hybridized carbons (Fsp3) is 0.435. The van der Waals surface area contributed by atoms with E-state index in [2.05, 4.69) is 48.6 Å². The SMILES string of the molecule is Cc1ccc(C2(C(=O)N[C@@H]3COCC[C@@H]3OCc3ccccc3)CC2)cc1. The van der Waals surface area contributed by atoms with Crippen molar-refractivity contribution in [3.63, 3.8) is 0 Å². The first kappa shape index (κ1) is 18.2. The number of nitrogens with one attached hydrogen (secondary N) is 1. The van der Waals surface area contributed by atoms with Crippen molar-refractivity contribution in [2.75, 3.05) is 13.2 Å². The smallest absolute Gasteiger partial charge is 0.231 e. The second kappa shape index (κ2) is 7.83. The predicted molar refractivity (Wildman–Crippen MR) is 104 cm³/mol. The quantitative estimate of drug-likeness (QED) is 0.852. The number of hydrogen-bond donors (Lipinski definition) is 1. The minimum atomic E-state index is -0.366. The Morgan fingerprint density at radius 2 is 1.89 bits per heavy atom. The molecule has 2 aromatic carbocycles. The van der Waals surface area contributed by atoms with Gasteiger partial charge in [-0.15, -0.1) is 0 Å². The van der Waals surface area contributed by atoms with Crippen molar-refractivity contribution in [1.29, 1.82) is 0 Å². The lowest BCUT2D eigenvalue weighted by Gasteiger charge is -2.33. The molecule has 1 heterocycles. The van der Waals surface area contributed by atoms with Gasteiger partial charge in [-0.05, 0) is 37.3 Å². The number of benzene rings is 2. The number of aryl methyl sites for hydroxylation is 1. The Labute approximate surface area is 160 Å². The second-order valence-corrected chi connectivity index (χ2v) is 7.73. The van der Waals surface area contributed by atoms with Crippen LogP contribution in [-0.2, 0) is 26.3 Å². The van der Waals surface area contributed by atoms with Crippen LogP contribution in [0.15, 0.2) is 54.6 Å². The zero-order chi connectivity index (χ0) is 18.7. The lowest BCUT2D eigenvalue weighted by atomic mass is 9.93. The van der Waals surface area contributed by atoms with Gasteiger partial charge >= 0.3 is 0 Å². The van der Waals surface area contributed by atoms with E-state index in [0.29, 0.717) is 19.8 Å². The van der Waals surface area contributed by atoms with Gasteiger partial charge in [-0.1, -0.05) is 60.2 Å². The molecule has 27 heavy (non-hydrogen) atoms. The molecule has 4 nitrogen and oxygen atoms in total. The maximum atomic E-state index is 13.1. The van der Waals surface area contributed by atoms with E-state index in [1.165, 1.54) is 5.56 Å². The van der Waals surface area contributed by atoms with Gasteiger partial charge in [0.05, 0.1) is 30.8 Å². The summed E-state index contributed by atoms with van der Waals surface area (Å²) in [4.78, 5) is 13.1. The number of carbonyl (C=O) groups is 1. The largest absolute Gasteiger partial charge is 0.379 e. The minimum Gasteiger partial charge on any atom is -0.379 e. The van der Waals surface area contributed by atoms with E-state index in [4.69, 9.17) is 9.47 Å². The van der Waals surface area contributed by atoms with Gasteiger partial charge < -0.3 is 14.8 Å². The predicted octanol–water partition coefficient (Wildman–Crippen LogP) is 3.52. The van der Waals surface area contributed by atoms with Gasteiger partial charge in [0.15, 0.2) is 0 Å². The highest BCUT2D eigenvalue weighted by molar-refractivity contribution is 5.91. The molecule has 0 radical (unpaired) electrons. The van der Waals surface area contributed by atoms with Crippen molar-refractivity contribution < 1.29 is 14.3 Å². The van der Waals surface area contributed by atoms with Gasteiger partial charge in [0.25, 0.3) is 0 Å². The fourth-order valence-electron chi connectivity index (χ4n) is 3.78. The molecule has 4 heteroatoms. The summed E-state index contributed by atoms with van der Waals surface area (Å²) in [6, 6.07) is 18.4. The van der Waals surface area contributed by atoms with Gasteiger partial charge in [0.1, 0.15) is 0 Å². The molecule has 0 aromatic heterocycles. The minimum absolute atomic E-state index is 0.0169. The Morgan fingerprint density at radius 3 is 2.59 bits per heavy atom. The molecule has 1 aliphatic heterocycles. The van der Waals surface area contributed by atoms with Crippen LogP contribution in [0, 0.1) is 6.92 Å². The van der Waals surface area contributed by atoms with Crippen molar-refractivity contribution in [3.05, 3.63) is 71.3 Å². The molecule has 1 saturated carbocycles. The average molecular weight is 365 g/mol. The Kier molecular flexibility index (Phi) is 5.28. The highest BCUT2D eigenvalue weighted by atomic mass is 16.5. The lowest BCUT2D eigenvalue weighted by molar-refractivity contribution is -0.129.